The lowest BCUT2D eigenvalue weighted by Gasteiger charge is -2.24. The number of hydrogen-bond acceptors (Lipinski definition) is 4. The minimum Gasteiger partial charge on any atom is -0.457 e. The van der Waals surface area contributed by atoms with Gasteiger partial charge in [0, 0.05) is 23.8 Å². The van der Waals surface area contributed by atoms with E-state index in [1.165, 1.54) is 16.8 Å². The molecule has 0 aliphatic rings. The Hall–Kier alpha value is -2.39. The number of aromatic nitrogens is 2. The first kappa shape index (κ1) is 21.3. The Morgan fingerprint density at radius 2 is 1.79 bits per heavy atom. The van der Waals surface area contributed by atoms with Crippen molar-refractivity contribution in [3.8, 4) is 11.5 Å². The Kier molecular flexibility index (Phi) is 6.00. The molecule has 9 heteroatoms. The van der Waals surface area contributed by atoms with E-state index in [4.69, 9.17) is 15.2 Å². The molecule has 3 aromatic rings. The number of pyridine rings is 1. The number of anilines is 1. The predicted molar refractivity (Wildman–Crippen MR) is 112 cm³/mol. The van der Waals surface area contributed by atoms with Crippen LogP contribution >= 0.6 is 10.0 Å². The monoisotopic (exact) mass is 427 g/mol. The average Bonchev–Trinajstić information content (AvgIpc) is 3.00. The zero-order valence-corrected chi connectivity index (χ0v) is 17.3. The molecule has 0 bridgehead atoms. The van der Waals surface area contributed by atoms with Crippen molar-refractivity contribution in [2.24, 2.45) is 0 Å². The lowest BCUT2D eigenvalue weighted by molar-refractivity contribution is -0.136. The summed E-state index contributed by atoms with van der Waals surface area (Å²) in [6.45, 7) is 0.460. The molecule has 0 atom stereocenters. The van der Waals surface area contributed by atoms with Gasteiger partial charge in [0.15, 0.2) is 0 Å². The standard InChI is InChI=1S/C20H24F3N3O2S/c1-29(2,3)11-10-27-13-26-12-16(20(21,22)23)18-17(8-9-25-19(18)26)28-15-6-4-14(24)5-7-15/h4-9,12H,10-11,13,24H2,1-3H3. The summed E-state index contributed by atoms with van der Waals surface area (Å²) in [6.07, 6.45) is 4.37. The molecule has 5 nitrogen and oxygen atoms in total. The average molecular weight is 427 g/mol. The molecule has 3 rings (SSSR count). The van der Waals surface area contributed by atoms with E-state index < -0.39 is 21.8 Å². The highest BCUT2D eigenvalue weighted by atomic mass is 32.3. The van der Waals surface area contributed by atoms with Gasteiger partial charge in [0.05, 0.1) is 17.6 Å². The second-order valence-corrected chi connectivity index (χ2v) is 12.1. The lowest BCUT2D eigenvalue weighted by Crippen LogP contribution is -2.10. The molecule has 2 N–H and O–H groups in total. The van der Waals surface area contributed by atoms with E-state index >= 15 is 0 Å². The smallest absolute Gasteiger partial charge is 0.418 e. The molecule has 158 valence electrons. The summed E-state index contributed by atoms with van der Waals surface area (Å²) in [5.74, 6) is 1.33. The number of rotatable bonds is 7. The number of nitrogens with two attached hydrogens (primary N) is 1. The number of nitrogens with zero attached hydrogens (tertiary/aromatic N) is 2. The van der Waals surface area contributed by atoms with Gasteiger partial charge in [-0.2, -0.15) is 13.2 Å². The van der Waals surface area contributed by atoms with Crippen LogP contribution in [0.15, 0.2) is 42.7 Å². The fraction of sp³-hybridized carbons (Fsp3) is 0.350. The molecule has 1 aromatic carbocycles. The number of halogens is 3. The molecule has 0 spiro atoms. The van der Waals surface area contributed by atoms with E-state index in [0.29, 0.717) is 18.0 Å². The summed E-state index contributed by atoms with van der Waals surface area (Å²) in [4.78, 5) is 4.15. The van der Waals surface area contributed by atoms with Gasteiger partial charge >= 0.3 is 6.18 Å². The first-order valence-corrected chi connectivity index (χ1v) is 11.9. The quantitative estimate of drug-likeness (QED) is 0.421. The van der Waals surface area contributed by atoms with Crippen LogP contribution < -0.4 is 10.5 Å². The van der Waals surface area contributed by atoms with Gasteiger partial charge in [0.25, 0.3) is 0 Å². The SMILES string of the molecule is CS(C)(C)CCOCn1cc(C(F)(F)F)c2c(Oc3ccc(N)cc3)ccnc21. The topological polar surface area (TPSA) is 62.3 Å². The van der Waals surface area contributed by atoms with Crippen LogP contribution in [0.5, 0.6) is 11.5 Å². The molecule has 0 saturated carbocycles. The number of fused-ring (bicyclic) bond motifs is 1. The predicted octanol–water partition coefficient (Wildman–Crippen LogP) is 5.10. The maximum atomic E-state index is 13.7. The lowest BCUT2D eigenvalue weighted by atomic mass is 10.2. The zero-order chi connectivity index (χ0) is 21.2. The van der Waals surface area contributed by atoms with Gasteiger partial charge < -0.3 is 19.8 Å². The number of alkyl halides is 3. The van der Waals surface area contributed by atoms with E-state index in [1.54, 1.807) is 24.3 Å². The van der Waals surface area contributed by atoms with Crippen LogP contribution in [0.1, 0.15) is 5.56 Å². The summed E-state index contributed by atoms with van der Waals surface area (Å²) < 4.78 is 53.8. The van der Waals surface area contributed by atoms with Crippen LogP contribution in [-0.2, 0) is 17.6 Å². The van der Waals surface area contributed by atoms with E-state index in [2.05, 4.69) is 23.8 Å². The van der Waals surface area contributed by atoms with Crippen molar-refractivity contribution in [2.75, 3.05) is 36.9 Å². The molecule has 0 unspecified atom stereocenters. The van der Waals surface area contributed by atoms with Crippen molar-refractivity contribution < 1.29 is 22.6 Å². The highest BCUT2D eigenvalue weighted by molar-refractivity contribution is 8.32. The van der Waals surface area contributed by atoms with Gasteiger partial charge in [0.2, 0.25) is 0 Å². The van der Waals surface area contributed by atoms with Gasteiger partial charge in [-0.3, -0.25) is 0 Å². The number of nitrogen functional groups attached to an aromatic ring is 1. The first-order chi connectivity index (χ1) is 13.5. The third-order valence-electron chi connectivity index (χ3n) is 4.20. The van der Waals surface area contributed by atoms with Crippen molar-refractivity contribution in [1.82, 2.24) is 9.55 Å². The van der Waals surface area contributed by atoms with Crippen LogP contribution in [-0.4, -0.2) is 40.7 Å². The van der Waals surface area contributed by atoms with Crippen LogP contribution in [0.2, 0.25) is 0 Å². The number of ether oxygens (including phenoxy) is 2. The van der Waals surface area contributed by atoms with Gasteiger partial charge in [-0.15, -0.1) is 0 Å². The van der Waals surface area contributed by atoms with Crippen molar-refractivity contribution in [3.63, 3.8) is 0 Å². The van der Waals surface area contributed by atoms with Crippen LogP contribution in [0.25, 0.3) is 11.0 Å². The molecule has 2 heterocycles. The molecule has 0 amide bonds. The molecule has 0 saturated heterocycles. The normalized spacial score (nSPS) is 13.0. The summed E-state index contributed by atoms with van der Waals surface area (Å²) >= 11 is 0. The van der Waals surface area contributed by atoms with E-state index in [9.17, 15) is 13.2 Å². The molecular weight excluding hydrogens is 403 g/mol. The minimum atomic E-state index is -4.55. The third-order valence-corrected chi connectivity index (χ3v) is 5.59. The molecule has 2 aromatic heterocycles. The van der Waals surface area contributed by atoms with Crippen molar-refractivity contribution >= 4 is 26.7 Å². The highest BCUT2D eigenvalue weighted by Gasteiger charge is 2.36. The number of hydrogen-bond donors (Lipinski definition) is 1. The van der Waals surface area contributed by atoms with Crippen LogP contribution in [0, 0.1) is 0 Å². The van der Waals surface area contributed by atoms with E-state index in [0.717, 1.165) is 11.9 Å². The van der Waals surface area contributed by atoms with Crippen molar-refractivity contribution in [1.29, 1.82) is 0 Å². The Morgan fingerprint density at radius 3 is 2.41 bits per heavy atom. The molecular formula is C20H24F3N3O2S. The molecule has 0 aliphatic carbocycles. The second kappa shape index (κ2) is 8.16. The Bertz CT molecular complexity index is 980. The Balaban J connectivity index is 1.94. The summed E-state index contributed by atoms with van der Waals surface area (Å²) in [7, 11) is -0.742. The molecule has 0 aliphatic heterocycles. The van der Waals surface area contributed by atoms with Crippen LogP contribution in [0.3, 0.4) is 0 Å². The van der Waals surface area contributed by atoms with Gasteiger partial charge in [0.1, 0.15) is 23.9 Å². The summed E-state index contributed by atoms with van der Waals surface area (Å²) in [5, 5.41) is -0.0955. The van der Waals surface area contributed by atoms with E-state index in [-0.39, 0.29) is 23.5 Å². The molecule has 29 heavy (non-hydrogen) atoms. The number of benzene rings is 1. The van der Waals surface area contributed by atoms with Crippen molar-refractivity contribution in [2.45, 2.75) is 12.9 Å². The third kappa shape index (κ3) is 5.36. The first-order valence-electron chi connectivity index (χ1n) is 8.87. The second-order valence-electron chi connectivity index (χ2n) is 7.52. The zero-order valence-electron chi connectivity index (χ0n) is 16.5. The Labute approximate surface area is 168 Å². The fourth-order valence-corrected chi connectivity index (χ4v) is 3.34. The summed E-state index contributed by atoms with van der Waals surface area (Å²) in [5.41, 5.74) is 5.54. The Morgan fingerprint density at radius 1 is 1.10 bits per heavy atom. The molecule has 0 radical (unpaired) electrons. The summed E-state index contributed by atoms with van der Waals surface area (Å²) in [6, 6.07) is 7.86. The van der Waals surface area contributed by atoms with Crippen LogP contribution in [0.4, 0.5) is 18.9 Å². The largest absolute Gasteiger partial charge is 0.457 e. The fourth-order valence-electron chi connectivity index (χ4n) is 2.72. The van der Waals surface area contributed by atoms with Crippen molar-refractivity contribution in [3.05, 3.63) is 48.3 Å². The maximum Gasteiger partial charge on any atom is 0.418 e. The van der Waals surface area contributed by atoms with Gasteiger partial charge in [-0.1, -0.05) is 0 Å². The minimum absolute atomic E-state index is 0.0135. The highest BCUT2D eigenvalue weighted by Crippen LogP contribution is 2.41. The van der Waals surface area contributed by atoms with Gasteiger partial charge in [-0.05, 0) is 49.1 Å². The molecule has 0 fully saturated rings. The maximum absolute atomic E-state index is 13.7. The van der Waals surface area contributed by atoms with E-state index in [1.807, 2.05) is 0 Å². The van der Waals surface area contributed by atoms with Gasteiger partial charge in [-0.25, -0.2) is 15.0 Å².